The predicted molar refractivity (Wildman–Crippen MR) is 139 cm³/mol. The summed E-state index contributed by atoms with van der Waals surface area (Å²) >= 11 is 12.3. The van der Waals surface area contributed by atoms with Gasteiger partial charge in [-0.2, -0.15) is 0 Å². The van der Waals surface area contributed by atoms with Gasteiger partial charge in [0.1, 0.15) is 11.3 Å². The molecule has 1 heterocycles. The third-order valence-electron chi connectivity index (χ3n) is 5.34. The molecule has 1 N–H and O–H groups in total. The summed E-state index contributed by atoms with van der Waals surface area (Å²) in [6.45, 7) is 5.68. The standard InChI is InChI=1S/C27H23Cl2NO5/c1-4-33-22-8-6-5-7-21(22)30-27(32)16(3)34-26-24(31)19-14-20(29)15(2)13-23(19)35-25(26)17-9-11-18(28)12-10-17/h5-14,16H,4H2,1-3H3,(H,30,32). The molecule has 0 spiro atoms. The highest BCUT2D eigenvalue weighted by atomic mass is 35.5. The first-order chi connectivity index (χ1) is 16.8. The monoisotopic (exact) mass is 511 g/mol. The van der Waals surface area contributed by atoms with E-state index in [1.54, 1.807) is 61.5 Å². The van der Waals surface area contributed by atoms with E-state index in [9.17, 15) is 9.59 Å². The van der Waals surface area contributed by atoms with Crippen molar-refractivity contribution >= 4 is 45.8 Å². The van der Waals surface area contributed by atoms with Gasteiger partial charge < -0.3 is 19.2 Å². The van der Waals surface area contributed by atoms with E-state index in [0.29, 0.717) is 39.2 Å². The van der Waals surface area contributed by atoms with Crippen LogP contribution in [0, 0.1) is 6.92 Å². The maximum atomic E-state index is 13.5. The quantitative estimate of drug-likeness (QED) is 0.292. The second-order valence-corrected chi connectivity index (χ2v) is 8.72. The second kappa shape index (κ2) is 10.4. The maximum absolute atomic E-state index is 13.5. The molecule has 0 bridgehead atoms. The molecule has 1 atom stereocenters. The predicted octanol–water partition coefficient (Wildman–Crippen LogP) is 6.88. The van der Waals surface area contributed by atoms with Crippen LogP contribution < -0.4 is 20.2 Å². The fraction of sp³-hybridized carbons (Fsp3) is 0.185. The van der Waals surface area contributed by atoms with Crippen molar-refractivity contribution in [3.63, 3.8) is 0 Å². The van der Waals surface area contributed by atoms with Crippen molar-refractivity contribution in [3.8, 4) is 22.8 Å². The summed E-state index contributed by atoms with van der Waals surface area (Å²) in [5.41, 5.74) is 1.76. The van der Waals surface area contributed by atoms with Crippen LogP contribution in [0.2, 0.25) is 10.0 Å². The molecule has 0 saturated carbocycles. The number of amides is 1. The number of hydrogen-bond acceptors (Lipinski definition) is 5. The molecule has 4 aromatic rings. The molecule has 0 fully saturated rings. The van der Waals surface area contributed by atoms with Crippen LogP contribution in [-0.2, 0) is 4.79 Å². The molecule has 4 rings (SSSR count). The van der Waals surface area contributed by atoms with Gasteiger partial charge in [0.15, 0.2) is 11.9 Å². The number of halogens is 2. The zero-order valence-corrected chi connectivity index (χ0v) is 20.9. The topological polar surface area (TPSA) is 77.8 Å². The Kier molecular flexibility index (Phi) is 7.34. The molecule has 1 amide bonds. The average molecular weight is 512 g/mol. The molecule has 3 aromatic carbocycles. The van der Waals surface area contributed by atoms with Gasteiger partial charge in [-0.3, -0.25) is 9.59 Å². The zero-order valence-electron chi connectivity index (χ0n) is 19.4. The van der Waals surface area contributed by atoms with Crippen molar-refractivity contribution in [3.05, 3.63) is 86.5 Å². The van der Waals surface area contributed by atoms with Gasteiger partial charge in [-0.05, 0) is 74.9 Å². The minimum Gasteiger partial charge on any atom is -0.492 e. The van der Waals surface area contributed by atoms with Gasteiger partial charge in [0, 0.05) is 15.6 Å². The summed E-state index contributed by atoms with van der Waals surface area (Å²) in [5.74, 6) is 0.170. The molecule has 1 aromatic heterocycles. The maximum Gasteiger partial charge on any atom is 0.265 e. The first-order valence-corrected chi connectivity index (χ1v) is 11.8. The van der Waals surface area contributed by atoms with Crippen LogP contribution >= 0.6 is 23.2 Å². The molecule has 180 valence electrons. The van der Waals surface area contributed by atoms with E-state index in [1.807, 2.05) is 19.9 Å². The normalized spacial score (nSPS) is 11.8. The van der Waals surface area contributed by atoms with E-state index < -0.39 is 17.4 Å². The number of carbonyl (C=O) groups is 1. The molecular weight excluding hydrogens is 489 g/mol. The van der Waals surface area contributed by atoms with Crippen LogP contribution in [0.4, 0.5) is 5.69 Å². The number of fused-ring (bicyclic) bond motifs is 1. The van der Waals surface area contributed by atoms with Gasteiger partial charge in [-0.25, -0.2) is 0 Å². The number of para-hydroxylation sites is 2. The van der Waals surface area contributed by atoms with Crippen molar-refractivity contribution in [1.82, 2.24) is 0 Å². The van der Waals surface area contributed by atoms with Crippen LogP contribution in [0.1, 0.15) is 19.4 Å². The third kappa shape index (κ3) is 5.29. The summed E-state index contributed by atoms with van der Waals surface area (Å²) in [5, 5.41) is 4.00. The Morgan fingerprint density at radius 1 is 1.09 bits per heavy atom. The van der Waals surface area contributed by atoms with E-state index in [4.69, 9.17) is 37.1 Å². The van der Waals surface area contributed by atoms with E-state index in [2.05, 4.69) is 5.32 Å². The Morgan fingerprint density at radius 3 is 2.51 bits per heavy atom. The summed E-state index contributed by atoms with van der Waals surface area (Å²) in [4.78, 5) is 26.5. The minimum absolute atomic E-state index is 0.0968. The van der Waals surface area contributed by atoms with Crippen LogP contribution in [-0.4, -0.2) is 18.6 Å². The highest BCUT2D eigenvalue weighted by molar-refractivity contribution is 6.32. The third-order valence-corrected chi connectivity index (χ3v) is 6.00. The molecule has 0 aliphatic rings. The Labute approximate surface area is 212 Å². The molecule has 0 aliphatic carbocycles. The molecule has 0 aliphatic heterocycles. The molecule has 0 saturated heterocycles. The van der Waals surface area contributed by atoms with Gasteiger partial charge >= 0.3 is 0 Å². The Hall–Kier alpha value is -3.48. The second-order valence-electron chi connectivity index (χ2n) is 7.87. The average Bonchev–Trinajstić information content (AvgIpc) is 2.84. The van der Waals surface area contributed by atoms with Gasteiger partial charge in [0.05, 0.1) is 17.7 Å². The van der Waals surface area contributed by atoms with Crippen molar-refractivity contribution in [2.45, 2.75) is 26.9 Å². The number of ether oxygens (including phenoxy) is 2. The Balaban J connectivity index is 1.74. The van der Waals surface area contributed by atoms with Crippen molar-refractivity contribution in [2.75, 3.05) is 11.9 Å². The molecule has 35 heavy (non-hydrogen) atoms. The summed E-state index contributed by atoms with van der Waals surface area (Å²) in [6.07, 6.45) is -1.03. The van der Waals surface area contributed by atoms with Crippen molar-refractivity contribution < 1.29 is 18.7 Å². The van der Waals surface area contributed by atoms with E-state index in [1.165, 1.54) is 0 Å². The largest absolute Gasteiger partial charge is 0.492 e. The molecular formula is C27H23Cl2NO5. The molecule has 6 nitrogen and oxygen atoms in total. The van der Waals surface area contributed by atoms with Gasteiger partial charge in [-0.15, -0.1) is 0 Å². The highest BCUT2D eigenvalue weighted by Crippen LogP contribution is 2.34. The number of rotatable bonds is 7. The number of aryl methyl sites for hydroxylation is 1. The lowest BCUT2D eigenvalue weighted by atomic mass is 10.1. The fourth-order valence-corrected chi connectivity index (χ4v) is 3.80. The first kappa shape index (κ1) is 24.6. The summed E-state index contributed by atoms with van der Waals surface area (Å²) in [6, 6.07) is 17.1. The smallest absolute Gasteiger partial charge is 0.265 e. The van der Waals surface area contributed by atoms with Crippen LogP contribution in [0.25, 0.3) is 22.3 Å². The van der Waals surface area contributed by atoms with E-state index in [-0.39, 0.29) is 16.9 Å². The summed E-state index contributed by atoms with van der Waals surface area (Å²) < 4.78 is 17.6. The van der Waals surface area contributed by atoms with Crippen LogP contribution in [0.3, 0.4) is 0 Å². The first-order valence-electron chi connectivity index (χ1n) is 11.0. The van der Waals surface area contributed by atoms with Crippen LogP contribution in [0.5, 0.6) is 11.5 Å². The number of hydrogen-bond donors (Lipinski definition) is 1. The van der Waals surface area contributed by atoms with Gasteiger partial charge in [0.25, 0.3) is 5.91 Å². The minimum atomic E-state index is -1.03. The van der Waals surface area contributed by atoms with Gasteiger partial charge in [0.2, 0.25) is 11.2 Å². The lowest BCUT2D eigenvalue weighted by molar-refractivity contribution is -0.122. The fourth-order valence-electron chi connectivity index (χ4n) is 3.51. The summed E-state index contributed by atoms with van der Waals surface area (Å²) in [7, 11) is 0. The molecule has 0 radical (unpaired) electrons. The number of anilines is 1. The van der Waals surface area contributed by atoms with E-state index in [0.717, 1.165) is 5.56 Å². The van der Waals surface area contributed by atoms with Crippen LogP contribution in [0.15, 0.2) is 69.9 Å². The lowest BCUT2D eigenvalue weighted by Gasteiger charge is -2.18. The SMILES string of the molecule is CCOc1ccccc1NC(=O)C(C)Oc1c(-c2ccc(Cl)cc2)oc2cc(C)c(Cl)cc2c1=O. The highest BCUT2D eigenvalue weighted by Gasteiger charge is 2.24. The number of benzene rings is 3. The zero-order chi connectivity index (χ0) is 25.1. The number of carbonyl (C=O) groups excluding carboxylic acids is 1. The van der Waals surface area contributed by atoms with E-state index >= 15 is 0 Å². The molecule has 8 heteroatoms. The molecule has 1 unspecified atom stereocenters. The number of nitrogens with one attached hydrogen (secondary N) is 1. The Bertz CT molecular complexity index is 1450. The lowest BCUT2D eigenvalue weighted by Crippen LogP contribution is -2.32. The van der Waals surface area contributed by atoms with Gasteiger partial charge in [-0.1, -0.05) is 35.3 Å². The Morgan fingerprint density at radius 2 is 1.80 bits per heavy atom. The van der Waals surface area contributed by atoms with Crippen molar-refractivity contribution in [2.24, 2.45) is 0 Å². The van der Waals surface area contributed by atoms with Crippen molar-refractivity contribution in [1.29, 1.82) is 0 Å².